The second-order valence-electron chi connectivity index (χ2n) is 4.31. The van der Waals surface area contributed by atoms with Crippen LogP contribution in [0.4, 0.5) is 24.5 Å². The number of rotatable bonds is 3. The van der Waals surface area contributed by atoms with Crippen molar-refractivity contribution in [2.45, 2.75) is 6.18 Å². The summed E-state index contributed by atoms with van der Waals surface area (Å²) in [6, 6.07) is 5.35. The van der Waals surface area contributed by atoms with Gasteiger partial charge in [-0.1, -0.05) is 0 Å². The van der Waals surface area contributed by atoms with E-state index in [4.69, 9.17) is 0 Å². The molecule has 120 valence electrons. The van der Waals surface area contributed by atoms with Crippen molar-refractivity contribution in [3.63, 3.8) is 0 Å². The highest BCUT2D eigenvalue weighted by Gasteiger charge is 2.32. The quantitative estimate of drug-likeness (QED) is 0.634. The van der Waals surface area contributed by atoms with Crippen molar-refractivity contribution in [1.82, 2.24) is 4.98 Å². The van der Waals surface area contributed by atoms with Crippen molar-refractivity contribution in [2.75, 3.05) is 5.32 Å². The van der Waals surface area contributed by atoms with Crippen LogP contribution < -0.4 is 5.32 Å². The van der Waals surface area contributed by atoms with Crippen LogP contribution in [-0.2, 0) is 6.18 Å². The van der Waals surface area contributed by atoms with Crippen LogP contribution in [-0.4, -0.2) is 15.8 Å². The maximum atomic E-state index is 12.4. The highest BCUT2D eigenvalue weighted by molar-refractivity contribution is 9.10. The van der Waals surface area contributed by atoms with Gasteiger partial charge in [0, 0.05) is 16.6 Å². The van der Waals surface area contributed by atoms with Gasteiger partial charge in [-0.05, 0) is 34.1 Å². The molecular weight excluding hydrogens is 383 g/mol. The van der Waals surface area contributed by atoms with Crippen LogP contribution in [0.1, 0.15) is 16.1 Å². The van der Waals surface area contributed by atoms with Crippen LogP contribution in [0.25, 0.3) is 0 Å². The molecule has 1 heterocycles. The summed E-state index contributed by atoms with van der Waals surface area (Å²) in [6.45, 7) is 0. The fourth-order valence-electron chi connectivity index (χ4n) is 1.63. The number of halogens is 4. The van der Waals surface area contributed by atoms with Crippen LogP contribution in [0.5, 0.6) is 0 Å². The first kappa shape index (κ1) is 16.9. The number of carbonyl (C=O) groups excluding carboxylic acids is 1. The van der Waals surface area contributed by atoms with E-state index in [0.29, 0.717) is 4.47 Å². The maximum absolute atomic E-state index is 12.4. The Kier molecular flexibility index (Phi) is 4.64. The Hall–Kier alpha value is -2.49. The minimum Gasteiger partial charge on any atom is -0.321 e. The van der Waals surface area contributed by atoms with Crippen molar-refractivity contribution in [2.24, 2.45) is 0 Å². The van der Waals surface area contributed by atoms with Gasteiger partial charge in [0.15, 0.2) is 0 Å². The number of nitrogens with one attached hydrogen (secondary N) is 1. The molecule has 0 saturated heterocycles. The SMILES string of the molecule is O=C(Nc1ccc(C(F)(F)F)nc1)c1cc([N+](=O)[O-])ccc1Br. The zero-order valence-corrected chi connectivity index (χ0v) is 12.7. The molecule has 1 amide bonds. The minimum absolute atomic E-state index is 0.0286. The van der Waals surface area contributed by atoms with Gasteiger partial charge in [-0.15, -0.1) is 0 Å². The standard InChI is InChI=1S/C13H7BrF3N3O3/c14-10-3-2-8(20(22)23)5-9(10)12(21)19-7-1-4-11(18-6-7)13(15,16)17/h1-6H,(H,19,21). The first-order valence-electron chi connectivity index (χ1n) is 5.97. The second kappa shape index (κ2) is 6.32. The van der Waals surface area contributed by atoms with Crippen molar-refractivity contribution in [3.8, 4) is 0 Å². The van der Waals surface area contributed by atoms with E-state index in [1.165, 1.54) is 12.1 Å². The molecule has 2 rings (SSSR count). The summed E-state index contributed by atoms with van der Waals surface area (Å²) in [6.07, 6.45) is -3.72. The molecule has 0 unspecified atom stereocenters. The van der Waals surface area contributed by atoms with E-state index in [9.17, 15) is 28.1 Å². The Morgan fingerprint density at radius 1 is 1.26 bits per heavy atom. The molecule has 1 N–H and O–H groups in total. The summed E-state index contributed by atoms with van der Waals surface area (Å²) in [5, 5.41) is 13.0. The predicted molar refractivity (Wildman–Crippen MR) is 78.0 cm³/mol. The van der Waals surface area contributed by atoms with Crippen molar-refractivity contribution < 1.29 is 22.9 Å². The van der Waals surface area contributed by atoms with Gasteiger partial charge in [0.25, 0.3) is 11.6 Å². The molecular formula is C13H7BrF3N3O3. The highest BCUT2D eigenvalue weighted by Crippen LogP contribution is 2.28. The Labute approximate surface area is 135 Å². The largest absolute Gasteiger partial charge is 0.433 e. The van der Waals surface area contributed by atoms with Gasteiger partial charge in [0.2, 0.25) is 0 Å². The molecule has 0 bridgehead atoms. The van der Waals surface area contributed by atoms with E-state index in [-0.39, 0.29) is 16.9 Å². The average molecular weight is 390 g/mol. The fraction of sp³-hybridized carbons (Fsp3) is 0.0769. The van der Waals surface area contributed by atoms with Crippen LogP contribution in [0.15, 0.2) is 41.0 Å². The lowest BCUT2D eigenvalue weighted by Gasteiger charge is -2.09. The van der Waals surface area contributed by atoms with Gasteiger partial charge in [-0.25, -0.2) is 4.98 Å². The Bertz CT molecular complexity index is 763. The molecule has 1 aromatic carbocycles. The maximum Gasteiger partial charge on any atom is 0.433 e. The smallest absolute Gasteiger partial charge is 0.321 e. The number of nitro groups is 1. The molecule has 0 aliphatic heterocycles. The van der Waals surface area contributed by atoms with Crippen LogP contribution >= 0.6 is 15.9 Å². The van der Waals surface area contributed by atoms with Crippen molar-refractivity contribution in [3.05, 3.63) is 62.4 Å². The van der Waals surface area contributed by atoms with Crippen molar-refractivity contribution >= 4 is 33.2 Å². The van der Waals surface area contributed by atoms with E-state index >= 15 is 0 Å². The molecule has 23 heavy (non-hydrogen) atoms. The monoisotopic (exact) mass is 389 g/mol. The normalized spacial score (nSPS) is 11.1. The number of carbonyl (C=O) groups is 1. The minimum atomic E-state index is -4.58. The molecule has 0 radical (unpaired) electrons. The summed E-state index contributed by atoms with van der Waals surface area (Å²) >= 11 is 3.08. The molecule has 10 heteroatoms. The van der Waals surface area contributed by atoms with Gasteiger partial charge in [0.05, 0.1) is 22.4 Å². The number of amides is 1. The third-order valence-corrected chi connectivity index (χ3v) is 3.41. The van der Waals surface area contributed by atoms with Gasteiger partial charge < -0.3 is 5.32 Å². The molecule has 0 saturated carbocycles. The topological polar surface area (TPSA) is 85.1 Å². The third-order valence-electron chi connectivity index (χ3n) is 2.72. The molecule has 2 aromatic rings. The van der Waals surface area contributed by atoms with Gasteiger partial charge in [-0.2, -0.15) is 13.2 Å². The molecule has 1 aromatic heterocycles. The van der Waals surface area contributed by atoms with Gasteiger partial charge in [0.1, 0.15) is 5.69 Å². The second-order valence-corrected chi connectivity index (χ2v) is 5.16. The van der Waals surface area contributed by atoms with E-state index in [1.54, 1.807) is 0 Å². The number of benzene rings is 1. The Balaban J connectivity index is 2.22. The number of alkyl halides is 3. The van der Waals surface area contributed by atoms with Crippen molar-refractivity contribution in [1.29, 1.82) is 0 Å². The lowest BCUT2D eigenvalue weighted by molar-refractivity contribution is -0.384. The number of hydrogen-bond donors (Lipinski definition) is 1. The summed E-state index contributed by atoms with van der Waals surface area (Å²) in [5.41, 5.74) is -1.38. The molecule has 0 aliphatic carbocycles. The molecule has 6 nitrogen and oxygen atoms in total. The van der Waals surface area contributed by atoms with E-state index in [0.717, 1.165) is 24.4 Å². The Morgan fingerprint density at radius 2 is 1.96 bits per heavy atom. The number of nitro benzene ring substituents is 1. The van der Waals surface area contributed by atoms with E-state index < -0.39 is 22.7 Å². The Morgan fingerprint density at radius 3 is 2.48 bits per heavy atom. The number of aromatic nitrogens is 1. The molecule has 0 atom stereocenters. The molecule has 0 fully saturated rings. The van der Waals surface area contributed by atoms with E-state index in [2.05, 4.69) is 26.2 Å². The lowest BCUT2D eigenvalue weighted by Crippen LogP contribution is -2.14. The zero-order chi connectivity index (χ0) is 17.2. The molecule has 0 spiro atoms. The summed E-state index contributed by atoms with van der Waals surface area (Å²) in [7, 11) is 0. The predicted octanol–water partition coefficient (Wildman–Crippen LogP) is 4.02. The highest BCUT2D eigenvalue weighted by atomic mass is 79.9. The van der Waals surface area contributed by atoms with E-state index in [1.807, 2.05) is 0 Å². The average Bonchev–Trinajstić information content (AvgIpc) is 2.47. The van der Waals surface area contributed by atoms with Crippen LogP contribution in [0.3, 0.4) is 0 Å². The van der Waals surface area contributed by atoms with Crippen LogP contribution in [0.2, 0.25) is 0 Å². The number of non-ortho nitro benzene ring substituents is 1. The molecule has 0 aliphatic rings. The number of nitrogens with zero attached hydrogens (tertiary/aromatic N) is 2. The number of hydrogen-bond acceptors (Lipinski definition) is 4. The number of pyridine rings is 1. The van der Waals surface area contributed by atoms with Crippen LogP contribution in [0, 0.1) is 10.1 Å². The van der Waals surface area contributed by atoms with Gasteiger partial charge in [-0.3, -0.25) is 14.9 Å². The first-order valence-corrected chi connectivity index (χ1v) is 6.76. The summed E-state index contributed by atoms with van der Waals surface area (Å²) in [5.74, 6) is -0.720. The third kappa shape index (κ3) is 4.03. The zero-order valence-electron chi connectivity index (χ0n) is 11.1. The first-order chi connectivity index (χ1) is 10.7. The van der Waals surface area contributed by atoms with Gasteiger partial charge >= 0.3 is 6.18 Å². The summed E-state index contributed by atoms with van der Waals surface area (Å²) < 4.78 is 37.5. The number of anilines is 1. The lowest BCUT2D eigenvalue weighted by atomic mass is 10.2. The fourth-order valence-corrected chi connectivity index (χ4v) is 2.06. The summed E-state index contributed by atoms with van der Waals surface area (Å²) in [4.78, 5) is 25.3.